The number of carbonyl (C=O) groups is 1. The van der Waals surface area contributed by atoms with Crippen LogP contribution in [0, 0.1) is 12.7 Å². The second-order valence-electron chi connectivity index (χ2n) is 11.2. The first-order valence-corrected chi connectivity index (χ1v) is 13.5. The van der Waals surface area contributed by atoms with Crippen LogP contribution in [-0.2, 0) is 4.79 Å². The van der Waals surface area contributed by atoms with Crippen LogP contribution in [-0.4, -0.2) is 50.1 Å². The Bertz CT molecular complexity index is 1210. The molecule has 1 saturated carbocycles. The molecular formula is C29H41F2N5O. The quantitative estimate of drug-likeness (QED) is 0.469. The van der Waals surface area contributed by atoms with Gasteiger partial charge in [-0.2, -0.15) is 0 Å². The summed E-state index contributed by atoms with van der Waals surface area (Å²) in [5.74, 6) is -5.67. The van der Waals surface area contributed by atoms with Gasteiger partial charge in [0.1, 0.15) is 11.6 Å². The van der Waals surface area contributed by atoms with Crippen molar-refractivity contribution in [3.8, 4) is 0 Å². The fourth-order valence-corrected chi connectivity index (χ4v) is 6.49. The van der Waals surface area contributed by atoms with E-state index in [-0.39, 0.29) is 42.8 Å². The number of aromatic nitrogens is 3. The number of carbonyl (C=O) groups excluding carboxylic acids is 1. The van der Waals surface area contributed by atoms with Crippen molar-refractivity contribution in [2.24, 2.45) is 5.89 Å². The first-order valence-electron chi connectivity index (χ1n) is 16.0. The maximum Gasteiger partial charge on any atom is 0.248 e. The van der Waals surface area contributed by atoms with Crippen molar-refractivity contribution in [3.05, 3.63) is 47.5 Å². The Morgan fingerprint density at radius 1 is 1.14 bits per heavy atom. The average molecular weight is 519 g/mol. The van der Waals surface area contributed by atoms with E-state index in [4.69, 9.17) is 6.85 Å². The Labute approximate surface area is 226 Å². The van der Waals surface area contributed by atoms with Crippen LogP contribution in [0.3, 0.4) is 0 Å². The molecule has 3 fully saturated rings. The Balaban J connectivity index is 1.30. The van der Waals surface area contributed by atoms with Crippen LogP contribution in [0.2, 0.25) is 0 Å². The molecule has 6 nitrogen and oxygen atoms in total. The third-order valence-electron chi connectivity index (χ3n) is 8.46. The molecule has 202 valence electrons. The van der Waals surface area contributed by atoms with Gasteiger partial charge in [-0.1, -0.05) is 44.2 Å². The molecule has 2 bridgehead atoms. The average Bonchev–Trinajstić information content (AvgIpc) is 3.48. The highest BCUT2D eigenvalue weighted by atomic mass is 19.3. The molecule has 5 rings (SSSR count). The molecule has 0 spiro atoms. The van der Waals surface area contributed by atoms with Gasteiger partial charge in [0.05, 0.1) is 6.04 Å². The summed E-state index contributed by atoms with van der Waals surface area (Å²) in [7, 11) is 0. The predicted molar refractivity (Wildman–Crippen MR) is 139 cm³/mol. The standard InChI is InChI=1S/C29H41F2N5O/c1-19(2)27-34-33-20(3)36(27)25-17-23-9-10-24(18-25)35(23)16-13-26(21-7-5-4-6-8-21)32-28(37)22-11-14-29(30,31)15-12-22/h4-8,19,22-26H,9-18H2,1-3H3,(H,32,37)/i3D3,19D,22D. The van der Waals surface area contributed by atoms with Crippen LogP contribution >= 0.6 is 0 Å². The minimum absolute atomic E-state index is 0.0627. The molecule has 1 aromatic heterocycles. The number of hydrogen-bond donors (Lipinski definition) is 1. The largest absolute Gasteiger partial charge is 0.349 e. The van der Waals surface area contributed by atoms with Crippen LogP contribution in [0.25, 0.3) is 0 Å². The van der Waals surface area contributed by atoms with Gasteiger partial charge in [0.2, 0.25) is 11.8 Å². The van der Waals surface area contributed by atoms with E-state index in [0.29, 0.717) is 31.6 Å². The zero-order valence-corrected chi connectivity index (χ0v) is 21.7. The Morgan fingerprint density at radius 2 is 1.81 bits per heavy atom. The zero-order chi connectivity index (χ0) is 30.5. The molecule has 2 saturated heterocycles. The summed E-state index contributed by atoms with van der Waals surface area (Å²) >= 11 is 0. The molecule has 1 N–H and O–H groups in total. The van der Waals surface area contributed by atoms with E-state index in [0.717, 1.165) is 18.4 Å². The van der Waals surface area contributed by atoms with Crippen LogP contribution in [0.1, 0.15) is 114 Å². The molecule has 0 radical (unpaired) electrons. The van der Waals surface area contributed by atoms with E-state index in [2.05, 4.69) is 20.4 Å². The Morgan fingerprint density at radius 3 is 2.43 bits per heavy atom. The number of nitrogens with one attached hydrogen (secondary N) is 1. The first-order chi connectivity index (χ1) is 19.6. The van der Waals surface area contributed by atoms with E-state index in [1.165, 1.54) is 0 Å². The molecule has 2 aromatic rings. The zero-order valence-electron chi connectivity index (χ0n) is 26.7. The molecule has 3 aliphatic rings. The van der Waals surface area contributed by atoms with Crippen molar-refractivity contribution in [2.75, 3.05) is 6.54 Å². The second-order valence-corrected chi connectivity index (χ2v) is 11.2. The predicted octanol–water partition coefficient (Wildman–Crippen LogP) is 5.95. The summed E-state index contributed by atoms with van der Waals surface area (Å²) in [5, 5.41) is 11.2. The van der Waals surface area contributed by atoms with Crippen LogP contribution < -0.4 is 5.32 Å². The summed E-state index contributed by atoms with van der Waals surface area (Å²) < 4.78 is 70.5. The molecular weight excluding hydrogens is 472 g/mol. The molecule has 3 atom stereocenters. The molecule has 3 unspecified atom stereocenters. The van der Waals surface area contributed by atoms with Gasteiger partial charge in [0.25, 0.3) is 0 Å². The number of rotatable bonds is 8. The normalized spacial score (nSPS) is 30.4. The lowest BCUT2D eigenvalue weighted by Gasteiger charge is -2.40. The van der Waals surface area contributed by atoms with Crippen molar-refractivity contribution >= 4 is 5.91 Å². The Kier molecular flexibility index (Phi) is 6.01. The van der Waals surface area contributed by atoms with Gasteiger partial charge < -0.3 is 9.88 Å². The molecule has 2 aliphatic heterocycles. The number of nitrogens with zero attached hydrogens (tertiary/aromatic N) is 4. The fourth-order valence-electron chi connectivity index (χ4n) is 6.49. The van der Waals surface area contributed by atoms with Crippen LogP contribution in [0.4, 0.5) is 8.78 Å². The molecule has 1 aliphatic carbocycles. The summed E-state index contributed by atoms with van der Waals surface area (Å²) in [5.41, 5.74) is 0.909. The highest BCUT2D eigenvalue weighted by molar-refractivity contribution is 5.79. The van der Waals surface area contributed by atoms with E-state index < -0.39 is 43.3 Å². The van der Waals surface area contributed by atoms with Crippen LogP contribution in [0.15, 0.2) is 30.3 Å². The van der Waals surface area contributed by atoms with Gasteiger partial charge in [-0.05, 0) is 57.4 Å². The van der Waals surface area contributed by atoms with Crippen molar-refractivity contribution in [1.29, 1.82) is 0 Å². The highest BCUT2D eigenvalue weighted by Gasteiger charge is 2.42. The maximum absolute atomic E-state index is 13.8. The lowest BCUT2D eigenvalue weighted by Crippen LogP contribution is -2.45. The van der Waals surface area contributed by atoms with Gasteiger partial charge in [-0.25, -0.2) is 8.78 Å². The molecule has 8 heteroatoms. The van der Waals surface area contributed by atoms with Crippen molar-refractivity contribution in [3.63, 3.8) is 0 Å². The van der Waals surface area contributed by atoms with Crippen molar-refractivity contribution in [2.45, 2.75) is 114 Å². The lowest BCUT2D eigenvalue weighted by atomic mass is 9.86. The summed E-state index contributed by atoms with van der Waals surface area (Å²) in [4.78, 5) is 15.7. The second kappa shape index (κ2) is 10.8. The minimum Gasteiger partial charge on any atom is -0.349 e. The summed E-state index contributed by atoms with van der Waals surface area (Å²) in [6.45, 7) is 1.64. The third kappa shape index (κ3) is 5.74. The summed E-state index contributed by atoms with van der Waals surface area (Å²) in [6, 6.07) is 9.48. The van der Waals surface area contributed by atoms with E-state index in [1.54, 1.807) is 18.4 Å². The molecule has 1 aromatic carbocycles. The van der Waals surface area contributed by atoms with Gasteiger partial charge in [-0.15, -0.1) is 10.2 Å². The SMILES string of the molecule is [2H]C1(C(=O)NC(CCN2C3CCC2CC(n2c(C([2H])([2H])[2H])nnc2C([2H])(C)C)C3)c2ccccc2)CCC(F)(F)CC1. The van der Waals surface area contributed by atoms with E-state index in [1.807, 2.05) is 30.3 Å². The first kappa shape index (κ1) is 20.6. The minimum atomic E-state index is -2.82. The number of aryl methyl sites for hydroxylation is 1. The fraction of sp³-hybridized carbons (Fsp3) is 0.690. The third-order valence-corrected chi connectivity index (χ3v) is 8.46. The maximum atomic E-state index is 13.8. The Hall–Kier alpha value is -2.35. The smallest absolute Gasteiger partial charge is 0.248 e. The number of piperidine rings is 1. The van der Waals surface area contributed by atoms with Gasteiger partial charge >= 0.3 is 0 Å². The van der Waals surface area contributed by atoms with E-state index >= 15 is 0 Å². The van der Waals surface area contributed by atoms with Gasteiger partial charge in [0.15, 0.2) is 0 Å². The highest BCUT2D eigenvalue weighted by Crippen LogP contribution is 2.42. The number of amides is 1. The van der Waals surface area contributed by atoms with Crippen LogP contribution in [0.5, 0.6) is 0 Å². The number of benzene rings is 1. The monoisotopic (exact) mass is 518 g/mol. The van der Waals surface area contributed by atoms with E-state index in [9.17, 15) is 13.6 Å². The summed E-state index contributed by atoms with van der Waals surface area (Å²) in [6.07, 6.45) is 2.74. The topological polar surface area (TPSA) is 63.1 Å². The van der Waals surface area contributed by atoms with Crippen molar-refractivity contribution < 1.29 is 20.4 Å². The molecule has 37 heavy (non-hydrogen) atoms. The molecule has 3 heterocycles. The number of hydrogen-bond acceptors (Lipinski definition) is 4. The number of halogens is 2. The number of fused-ring (bicyclic) bond motifs is 2. The van der Waals surface area contributed by atoms with Gasteiger partial charge in [-0.3, -0.25) is 9.69 Å². The molecule has 1 amide bonds. The number of alkyl halides is 2. The van der Waals surface area contributed by atoms with Crippen molar-refractivity contribution in [1.82, 2.24) is 25.0 Å². The van der Waals surface area contributed by atoms with Gasteiger partial charge in [0, 0.05) is 56.2 Å². The lowest BCUT2D eigenvalue weighted by molar-refractivity contribution is -0.130.